The van der Waals surface area contributed by atoms with Crippen LogP contribution < -0.4 is 14.2 Å². The third-order valence-corrected chi connectivity index (χ3v) is 7.41. The Morgan fingerprint density at radius 1 is 0.738 bits per heavy atom. The smallest absolute Gasteiger partial charge is 0.229 e. The summed E-state index contributed by atoms with van der Waals surface area (Å²) in [5.74, 6) is -0.815. The molecule has 2 saturated heterocycles. The van der Waals surface area contributed by atoms with Crippen LogP contribution in [0.5, 0.6) is 23.0 Å². The highest BCUT2D eigenvalue weighted by atomic mass is 16.7. The summed E-state index contributed by atoms with van der Waals surface area (Å²) in [6.07, 6.45) is -16.1. The zero-order chi connectivity index (χ0) is 30.3. The van der Waals surface area contributed by atoms with E-state index in [0.717, 1.165) is 6.07 Å². The third-order valence-electron chi connectivity index (χ3n) is 7.41. The molecule has 3 aliphatic rings. The molecule has 0 spiro atoms. The van der Waals surface area contributed by atoms with E-state index in [2.05, 4.69) is 0 Å². The van der Waals surface area contributed by atoms with Crippen LogP contribution in [0.3, 0.4) is 0 Å². The molecule has 0 amide bonds. The van der Waals surface area contributed by atoms with Gasteiger partial charge in [-0.3, -0.25) is 4.79 Å². The number of phenols is 1. The summed E-state index contributed by atoms with van der Waals surface area (Å²) in [5, 5.41) is 89.5. The number of phenolic OH excluding ortho intramolecular Hbond substituents is 1. The second-order valence-electron chi connectivity index (χ2n) is 10.3. The Balaban J connectivity index is 1.31. The van der Waals surface area contributed by atoms with Crippen LogP contribution in [0.4, 0.5) is 0 Å². The zero-order valence-electron chi connectivity index (χ0n) is 21.9. The van der Waals surface area contributed by atoms with Gasteiger partial charge >= 0.3 is 0 Å². The highest BCUT2D eigenvalue weighted by Gasteiger charge is 2.46. The summed E-state index contributed by atoms with van der Waals surface area (Å²) in [6.45, 7) is -1.29. The first-order chi connectivity index (χ1) is 20.0. The van der Waals surface area contributed by atoms with Crippen molar-refractivity contribution in [1.29, 1.82) is 0 Å². The minimum Gasteiger partial charge on any atom is -0.508 e. The summed E-state index contributed by atoms with van der Waals surface area (Å²) in [7, 11) is 0. The van der Waals surface area contributed by atoms with Crippen LogP contribution >= 0.6 is 0 Å². The second-order valence-corrected chi connectivity index (χ2v) is 10.3. The van der Waals surface area contributed by atoms with Crippen molar-refractivity contribution >= 4 is 5.78 Å². The first-order valence-corrected chi connectivity index (χ1v) is 13.1. The van der Waals surface area contributed by atoms with Gasteiger partial charge < -0.3 is 69.6 Å². The molecule has 2 aromatic rings. The minimum atomic E-state index is -1.74. The van der Waals surface area contributed by atoms with Crippen molar-refractivity contribution in [2.75, 3.05) is 13.2 Å². The molecule has 0 saturated carbocycles. The number of Topliss-reactive ketones (excluding diaryl/α,β-unsaturated/α-hetero) is 1. The van der Waals surface area contributed by atoms with Crippen molar-refractivity contribution in [2.24, 2.45) is 0 Å². The van der Waals surface area contributed by atoms with E-state index < -0.39 is 86.5 Å². The van der Waals surface area contributed by atoms with E-state index in [1.807, 2.05) is 0 Å². The molecule has 230 valence electrons. The number of hydrogen-bond acceptors (Lipinski definition) is 15. The number of carbonyl (C=O) groups is 1. The van der Waals surface area contributed by atoms with Crippen molar-refractivity contribution in [2.45, 2.75) is 73.9 Å². The Morgan fingerprint density at radius 2 is 1.29 bits per heavy atom. The fraction of sp³-hybridized carbons (Fsp3) is 0.519. The van der Waals surface area contributed by atoms with E-state index in [0.29, 0.717) is 5.56 Å². The third kappa shape index (κ3) is 5.76. The van der Waals surface area contributed by atoms with Gasteiger partial charge in [0.05, 0.1) is 19.6 Å². The SMILES string of the molecule is O=C1C[C@@H](c2ccc(O[C@H]3O[C@@H](CO)[C@H](O)[C@@H](O)[C@@H]3O)cc2)Oc2cc(O)cc(O[C@@H]3O[C@H](CO)[C@@H](O)[C@H](O)[C@H]3O)c21. The molecule has 0 unspecified atom stereocenters. The van der Waals surface area contributed by atoms with Gasteiger partial charge in [0.2, 0.25) is 12.6 Å². The molecule has 2 fully saturated rings. The standard InChI is InChI=1S/C27H32O15/c28-8-17-20(32)22(34)24(36)26(41-17)38-12-3-1-10(2-4-12)14-7-13(31)19-15(39-14)5-11(30)6-16(19)40-27-25(37)23(35)21(33)18(9-29)42-27/h1-6,14,17-18,20-30,32-37H,7-9H2/t14-,17-,18+,20-,21+,22+,23-,24-,25+,26-,27+/m0/s1. The maximum absolute atomic E-state index is 13.2. The lowest BCUT2D eigenvalue weighted by Crippen LogP contribution is -2.60. The van der Waals surface area contributed by atoms with Crippen LogP contribution in [0, 0.1) is 0 Å². The van der Waals surface area contributed by atoms with Crippen LogP contribution in [0.15, 0.2) is 36.4 Å². The Labute approximate surface area is 238 Å². The van der Waals surface area contributed by atoms with Crippen LogP contribution in [0.1, 0.15) is 28.4 Å². The van der Waals surface area contributed by atoms with E-state index in [9.17, 15) is 50.8 Å². The first kappa shape index (κ1) is 30.4. The number of aromatic hydroxyl groups is 1. The molecule has 3 aliphatic heterocycles. The molecule has 2 aromatic carbocycles. The molecule has 11 atom stereocenters. The molecule has 0 aromatic heterocycles. The van der Waals surface area contributed by atoms with Crippen LogP contribution in [0.2, 0.25) is 0 Å². The number of benzene rings is 2. The maximum Gasteiger partial charge on any atom is 0.229 e. The van der Waals surface area contributed by atoms with Crippen LogP contribution in [0.25, 0.3) is 0 Å². The summed E-state index contributed by atoms with van der Waals surface area (Å²) >= 11 is 0. The molecule has 15 heteroatoms. The van der Waals surface area contributed by atoms with Crippen LogP contribution in [-0.2, 0) is 9.47 Å². The number of aliphatic hydroxyl groups excluding tert-OH is 8. The van der Waals surface area contributed by atoms with Crippen molar-refractivity contribution in [1.82, 2.24) is 0 Å². The highest BCUT2D eigenvalue weighted by molar-refractivity contribution is 6.02. The van der Waals surface area contributed by atoms with E-state index in [1.165, 1.54) is 18.2 Å². The Morgan fingerprint density at radius 3 is 1.83 bits per heavy atom. The van der Waals surface area contributed by atoms with Gasteiger partial charge in [-0.25, -0.2) is 0 Å². The topological polar surface area (TPSA) is 245 Å². The molecule has 3 heterocycles. The number of rotatable bonds is 7. The Bertz CT molecular complexity index is 1250. The summed E-state index contributed by atoms with van der Waals surface area (Å²) in [5.41, 5.74) is 0.485. The first-order valence-electron chi connectivity index (χ1n) is 13.1. The number of fused-ring (bicyclic) bond motifs is 1. The molecule has 0 aliphatic carbocycles. The molecule has 15 nitrogen and oxygen atoms in total. The number of ketones is 1. The average Bonchev–Trinajstić information content (AvgIpc) is 2.97. The van der Waals surface area contributed by atoms with Crippen molar-refractivity contribution < 1.29 is 74.4 Å². The normalized spacial score (nSPS) is 36.6. The second kappa shape index (κ2) is 12.3. The van der Waals surface area contributed by atoms with E-state index in [1.54, 1.807) is 12.1 Å². The van der Waals surface area contributed by atoms with Gasteiger partial charge in [0.1, 0.15) is 83.5 Å². The minimum absolute atomic E-state index is 0.0301. The number of aliphatic hydroxyl groups is 8. The van der Waals surface area contributed by atoms with Crippen molar-refractivity contribution in [3.8, 4) is 23.0 Å². The van der Waals surface area contributed by atoms with Crippen molar-refractivity contribution in [3.05, 3.63) is 47.5 Å². The quantitative estimate of drug-likeness (QED) is 0.160. The summed E-state index contributed by atoms with van der Waals surface area (Å²) in [6, 6.07) is 8.46. The highest BCUT2D eigenvalue weighted by Crippen LogP contribution is 2.43. The molecule has 5 rings (SSSR count). The molecule has 42 heavy (non-hydrogen) atoms. The lowest BCUT2D eigenvalue weighted by atomic mass is 9.95. The molecular formula is C27H32O15. The fourth-order valence-electron chi connectivity index (χ4n) is 5.04. The molecule has 0 radical (unpaired) electrons. The average molecular weight is 597 g/mol. The summed E-state index contributed by atoms with van der Waals surface area (Å²) < 4.78 is 27.9. The monoisotopic (exact) mass is 596 g/mol. The van der Waals surface area contributed by atoms with Gasteiger partial charge in [-0.1, -0.05) is 12.1 Å². The van der Waals surface area contributed by atoms with Gasteiger partial charge in [-0.15, -0.1) is 0 Å². The fourth-order valence-corrected chi connectivity index (χ4v) is 5.04. The molecule has 9 N–H and O–H groups in total. The Hall–Kier alpha value is -3.09. The maximum atomic E-state index is 13.2. The summed E-state index contributed by atoms with van der Waals surface area (Å²) in [4.78, 5) is 13.2. The number of carbonyl (C=O) groups excluding carboxylic acids is 1. The lowest BCUT2D eigenvalue weighted by molar-refractivity contribution is -0.277. The molecule has 0 bridgehead atoms. The van der Waals surface area contributed by atoms with Gasteiger partial charge in [0, 0.05) is 12.1 Å². The largest absolute Gasteiger partial charge is 0.508 e. The van der Waals surface area contributed by atoms with Gasteiger partial charge in [-0.05, 0) is 17.7 Å². The lowest BCUT2D eigenvalue weighted by Gasteiger charge is -2.40. The van der Waals surface area contributed by atoms with Gasteiger partial charge in [0.25, 0.3) is 0 Å². The molecular weight excluding hydrogens is 564 g/mol. The number of hydrogen-bond donors (Lipinski definition) is 9. The van der Waals surface area contributed by atoms with Crippen LogP contribution in [-0.4, -0.2) is 126 Å². The predicted molar refractivity (Wildman–Crippen MR) is 136 cm³/mol. The van der Waals surface area contributed by atoms with E-state index >= 15 is 0 Å². The predicted octanol–water partition coefficient (Wildman–Crippen LogP) is -2.54. The Kier molecular flexibility index (Phi) is 8.86. The van der Waals surface area contributed by atoms with E-state index in [4.69, 9.17) is 23.7 Å². The van der Waals surface area contributed by atoms with Gasteiger partial charge in [-0.2, -0.15) is 0 Å². The van der Waals surface area contributed by atoms with E-state index in [-0.39, 0.29) is 35.0 Å². The van der Waals surface area contributed by atoms with Crippen molar-refractivity contribution in [3.63, 3.8) is 0 Å². The zero-order valence-corrected chi connectivity index (χ0v) is 21.9. The number of ether oxygens (including phenoxy) is 5. The van der Waals surface area contributed by atoms with Gasteiger partial charge in [0.15, 0.2) is 5.78 Å².